The fraction of sp³-hybridized carbons (Fsp3) is 0.316. The van der Waals surface area contributed by atoms with Crippen LogP contribution in [0.1, 0.15) is 12.8 Å². The summed E-state index contributed by atoms with van der Waals surface area (Å²) in [5.41, 5.74) is 0.701. The van der Waals surface area contributed by atoms with E-state index >= 15 is 0 Å². The van der Waals surface area contributed by atoms with Gasteiger partial charge >= 0.3 is 0 Å². The lowest BCUT2D eigenvalue weighted by Crippen LogP contribution is -2.43. The number of hydrogen-bond acceptors (Lipinski definition) is 4. The highest BCUT2D eigenvalue weighted by Gasteiger charge is 2.33. The summed E-state index contributed by atoms with van der Waals surface area (Å²) >= 11 is 8.28. The molecule has 1 atom stereocenters. The molecule has 1 N–H and O–H groups in total. The van der Waals surface area contributed by atoms with E-state index in [1.165, 1.54) is 29.6 Å². The van der Waals surface area contributed by atoms with Crippen molar-refractivity contribution >= 4 is 55.8 Å². The fourth-order valence-corrected chi connectivity index (χ4v) is 5.34. The summed E-state index contributed by atoms with van der Waals surface area (Å²) in [6.45, 7) is 0.515. The first-order valence-corrected chi connectivity index (χ1v) is 11.6. The monoisotopic (exact) mass is 534 g/mol. The van der Waals surface area contributed by atoms with Gasteiger partial charge in [-0.3, -0.25) is 4.79 Å². The maximum Gasteiger partial charge on any atom is 0.243 e. The van der Waals surface area contributed by atoms with E-state index in [2.05, 4.69) is 27.9 Å². The summed E-state index contributed by atoms with van der Waals surface area (Å²) in [6, 6.07) is 11.8. The van der Waals surface area contributed by atoms with Crippen LogP contribution in [0.15, 0.2) is 47.4 Å². The van der Waals surface area contributed by atoms with Crippen LogP contribution in [-0.2, 0) is 14.8 Å². The van der Waals surface area contributed by atoms with Crippen molar-refractivity contribution in [2.24, 2.45) is 5.92 Å². The smallest absolute Gasteiger partial charge is 0.243 e. The van der Waals surface area contributed by atoms with Gasteiger partial charge in [-0.1, -0.05) is 11.6 Å². The number of sulfonamides is 1. The van der Waals surface area contributed by atoms with Gasteiger partial charge < -0.3 is 10.1 Å². The number of carbonyl (C=O) groups is 1. The van der Waals surface area contributed by atoms with Gasteiger partial charge in [-0.15, -0.1) is 0 Å². The van der Waals surface area contributed by atoms with Crippen molar-refractivity contribution < 1.29 is 17.9 Å². The van der Waals surface area contributed by atoms with Crippen molar-refractivity contribution in [2.45, 2.75) is 17.7 Å². The van der Waals surface area contributed by atoms with Gasteiger partial charge in [-0.25, -0.2) is 8.42 Å². The molecule has 1 fully saturated rings. The van der Waals surface area contributed by atoms with Gasteiger partial charge in [0, 0.05) is 22.3 Å². The summed E-state index contributed by atoms with van der Waals surface area (Å²) in [4.78, 5) is 12.7. The molecule has 2 aromatic carbocycles. The molecular weight excluding hydrogens is 515 g/mol. The average molecular weight is 535 g/mol. The number of ether oxygens (including phenoxy) is 1. The van der Waals surface area contributed by atoms with E-state index < -0.39 is 15.9 Å². The maximum absolute atomic E-state index is 13.0. The van der Waals surface area contributed by atoms with E-state index in [1.807, 2.05) is 24.3 Å². The molecule has 1 amide bonds. The second-order valence-corrected chi connectivity index (χ2v) is 10.1. The number of rotatable bonds is 5. The van der Waals surface area contributed by atoms with Crippen LogP contribution in [0.3, 0.4) is 0 Å². The number of amides is 1. The third kappa shape index (κ3) is 4.79. The Labute approximate surface area is 183 Å². The lowest BCUT2D eigenvalue weighted by atomic mass is 9.99. The molecule has 28 heavy (non-hydrogen) atoms. The second-order valence-electron chi connectivity index (χ2n) is 6.49. The molecule has 1 aliphatic rings. The number of anilines is 1. The SMILES string of the molecule is COc1ccc(S(=O)(=O)N2CCC[C@H](C(=O)Nc3ccc(I)cc3)C2)cc1Cl. The molecule has 9 heteroatoms. The Morgan fingerprint density at radius 3 is 2.61 bits per heavy atom. The Balaban J connectivity index is 1.73. The molecule has 1 aliphatic heterocycles. The quantitative estimate of drug-likeness (QED) is 0.589. The van der Waals surface area contributed by atoms with Crippen LogP contribution in [0.4, 0.5) is 5.69 Å². The van der Waals surface area contributed by atoms with Crippen LogP contribution in [0, 0.1) is 9.49 Å². The summed E-state index contributed by atoms with van der Waals surface area (Å²) in [6.07, 6.45) is 1.26. The fourth-order valence-electron chi connectivity index (χ4n) is 3.11. The second kappa shape index (κ2) is 8.98. The zero-order valence-corrected chi connectivity index (χ0v) is 18.9. The van der Waals surface area contributed by atoms with Crippen LogP contribution >= 0.6 is 34.2 Å². The van der Waals surface area contributed by atoms with Gasteiger partial charge in [0.05, 0.1) is 22.9 Å². The Kier molecular flexibility index (Phi) is 6.85. The number of methoxy groups -OCH3 is 1. The zero-order chi connectivity index (χ0) is 20.3. The van der Waals surface area contributed by atoms with Crippen LogP contribution in [-0.4, -0.2) is 38.8 Å². The summed E-state index contributed by atoms with van der Waals surface area (Å²) in [5, 5.41) is 3.10. The predicted octanol–water partition coefficient (Wildman–Crippen LogP) is 3.99. The Hall–Kier alpha value is -1.36. The van der Waals surface area contributed by atoms with Crippen LogP contribution < -0.4 is 10.1 Å². The highest BCUT2D eigenvalue weighted by atomic mass is 127. The van der Waals surface area contributed by atoms with E-state index in [1.54, 1.807) is 0 Å². The minimum absolute atomic E-state index is 0.0944. The standard InChI is InChI=1S/C19H20ClIN2O4S/c1-27-18-9-8-16(11-17(18)20)28(25,26)23-10-2-3-13(12-23)19(24)22-15-6-4-14(21)5-7-15/h4-9,11,13H,2-3,10,12H2,1H3,(H,22,24)/t13-/m0/s1. The highest BCUT2D eigenvalue weighted by Crippen LogP contribution is 2.30. The van der Waals surface area contributed by atoms with Crippen molar-refractivity contribution in [1.29, 1.82) is 0 Å². The van der Waals surface area contributed by atoms with Gasteiger partial charge in [-0.2, -0.15) is 4.31 Å². The molecule has 0 unspecified atom stereocenters. The first-order chi connectivity index (χ1) is 13.3. The molecule has 0 aliphatic carbocycles. The highest BCUT2D eigenvalue weighted by molar-refractivity contribution is 14.1. The minimum Gasteiger partial charge on any atom is -0.495 e. The molecule has 0 radical (unpaired) electrons. The number of benzene rings is 2. The summed E-state index contributed by atoms with van der Waals surface area (Å²) in [5.74, 6) is -0.167. The molecule has 0 saturated carbocycles. The molecule has 0 spiro atoms. The number of nitrogens with zero attached hydrogens (tertiary/aromatic N) is 1. The van der Waals surface area contributed by atoms with Gasteiger partial charge in [-0.05, 0) is 77.9 Å². The van der Waals surface area contributed by atoms with Gasteiger partial charge in [0.15, 0.2) is 0 Å². The minimum atomic E-state index is -3.74. The van der Waals surface area contributed by atoms with Gasteiger partial charge in [0.1, 0.15) is 5.75 Å². The van der Waals surface area contributed by atoms with Crippen LogP contribution in [0.5, 0.6) is 5.75 Å². The van der Waals surface area contributed by atoms with E-state index in [4.69, 9.17) is 16.3 Å². The first kappa shape index (κ1) is 21.4. The van der Waals surface area contributed by atoms with Crippen LogP contribution in [0.2, 0.25) is 5.02 Å². The van der Waals surface area contributed by atoms with E-state index in [-0.39, 0.29) is 22.4 Å². The van der Waals surface area contributed by atoms with Crippen molar-refractivity contribution in [2.75, 3.05) is 25.5 Å². The van der Waals surface area contributed by atoms with Crippen LogP contribution in [0.25, 0.3) is 0 Å². The van der Waals surface area contributed by atoms with Gasteiger partial charge in [0.2, 0.25) is 15.9 Å². The third-order valence-corrected chi connectivity index (χ3v) is 7.50. The van der Waals surface area contributed by atoms with Crippen molar-refractivity contribution in [3.63, 3.8) is 0 Å². The lowest BCUT2D eigenvalue weighted by Gasteiger charge is -2.31. The molecule has 1 saturated heterocycles. The summed E-state index contributed by atoms with van der Waals surface area (Å²) in [7, 11) is -2.27. The molecule has 0 bridgehead atoms. The topological polar surface area (TPSA) is 75.7 Å². The van der Waals surface area contributed by atoms with E-state index in [9.17, 15) is 13.2 Å². The predicted molar refractivity (Wildman–Crippen MR) is 117 cm³/mol. The molecule has 150 valence electrons. The van der Waals surface area contributed by atoms with Crippen molar-refractivity contribution in [3.8, 4) is 5.75 Å². The number of piperidine rings is 1. The first-order valence-electron chi connectivity index (χ1n) is 8.71. The molecule has 3 rings (SSSR count). The molecule has 6 nitrogen and oxygen atoms in total. The van der Waals surface area contributed by atoms with Crippen molar-refractivity contribution in [3.05, 3.63) is 51.1 Å². The van der Waals surface area contributed by atoms with E-state index in [0.29, 0.717) is 30.8 Å². The molecular formula is C19H20ClIN2O4S. The number of hydrogen-bond donors (Lipinski definition) is 1. The Morgan fingerprint density at radius 1 is 1.25 bits per heavy atom. The van der Waals surface area contributed by atoms with Crippen molar-refractivity contribution in [1.82, 2.24) is 4.31 Å². The average Bonchev–Trinajstić information content (AvgIpc) is 2.69. The lowest BCUT2D eigenvalue weighted by molar-refractivity contribution is -0.120. The number of halogens is 2. The third-order valence-electron chi connectivity index (χ3n) is 4.63. The molecule has 1 heterocycles. The number of nitrogens with one attached hydrogen (secondary N) is 1. The number of carbonyl (C=O) groups excluding carboxylic acids is 1. The van der Waals surface area contributed by atoms with E-state index in [0.717, 1.165) is 3.57 Å². The van der Waals surface area contributed by atoms with Gasteiger partial charge in [0.25, 0.3) is 0 Å². The Bertz CT molecular complexity index is 966. The maximum atomic E-state index is 13.0. The largest absolute Gasteiger partial charge is 0.495 e. The normalized spacial score (nSPS) is 17.9. The molecule has 0 aromatic heterocycles. The Morgan fingerprint density at radius 2 is 1.96 bits per heavy atom. The zero-order valence-electron chi connectivity index (χ0n) is 15.2. The summed E-state index contributed by atoms with van der Waals surface area (Å²) < 4.78 is 33.5. The molecule has 2 aromatic rings.